The van der Waals surface area contributed by atoms with E-state index in [-0.39, 0.29) is 12.8 Å². The van der Waals surface area contributed by atoms with E-state index in [1.807, 2.05) is 0 Å². The van der Waals surface area contributed by atoms with Crippen molar-refractivity contribution in [3.05, 3.63) is 29.8 Å². The number of hydrogen-bond acceptors (Lipinski definition) is 4. The van der Waals surface area contributed by atoms with Crippen LogP contribution >= 0.6 is 0 Å². The van der Waals surface area contributed by atoms with Crippen LogP contribution in [0.1, 0.15) is 12.0 Å². The summed E-state index contributed by atoms with van der Waals surface area (Å²) in [6.45, 7) is 1.38. The van der Waals surface area contributed by atoms with Gasteiger partial charge < -0.3 is 9.84 Å². The Bertz CT molecular complexity index is 596. The van der Waals surface area contributed by atoms with Gasteiger partial charge in [-0.1, -0.05) is 18.2 Å². The maximum absolute atomic E-state index is 12.3. The van der Waals surface area contributed by atoms with Gasteiger partial charge in [0.05, 0.1) is 18.9 Å². The molecule has 1 saturated heterocycles. The molecule has 0 radical (unpaired) electrons. The van der Waals surface area contributed by atoms with Crippen LogP contribution in [0.15, 0.2) is 24.3 Å². The number of para-hydroxylation sites is 1. The van der Waals surface area contributed by atoms with Gasteiger partial charge in [0.1, 0.15) is 0 Å². The fourth-order valence-corrected chi connectivity index (χ4v) is 3.31. The largest absolute Gasteiger partial charge is 0.481 e. The van der Waals surface area contributed by atoms with Gasteiger partial charge in [-0.15, -0.1) is 0 Å². The highest BCUT2D eigenvalue weighted by atomic mass is 32.2. The Labute approximate surface area is 123 Å². The zero-order valence-corrected chi connectivity index (χ0v) is 12.3. The number of carbonyl (C=O) groups is 1. The maximum atomic E-state index is 12.3. The summed E-state index contributed by atoms with van der Waals surface area (Å²) in [7, 11) is -3.64. The third-order valence-electron chi connectivity index (χ3n) is 3.17. The summed E-state index contributed by atoms with van der Waals surface area (Å²) >= 11 is 0. The molecule has 0 bridgehead atoms. The number of aliphatic carboxylic acids is 1. The Hall–Kier alpha value is -1.64. The van der Waals surface area contributed by atoms with E-state index in [1.165, 1.54) is 4.31 Å². The molecule has 21 heavy (non-hydrogen) atoms. The summed E-state index contributed by atoms with van der Waals surface area (Å²) in [5, 5.41) is 8.74. The summed E-state index contributed by atoms with van der Waals surface area (Å²) in [6, 6.07) is 6.82. The average molecular weight is 314 g/mol. The molecule has 0 aliphatic carbocycles. The molecule has 1 fully saturated rings. The lowest BCUT2D eigenvalue weighted by molar-refractivity contribution is -0.136. The lowest BCUT2D eigenvalue weighted by Crippen LogP contribution is -2.43. The molecule has 0 aromatic heterocycles. The van der Waals surface area contributed by atoms with Crippen molar-refractivity contribution >= 4 is 21.9 Å². The SMILES string of the molecule is O=C(O)CCc1ccccc1NS(=O)(=O)N1CCOCC1. The Morgan fingerprint density at radius 2 is 1.95 bits per heavy atom. The quantitative estimate of drug-likeness (QED) is 0.805. The van der Waals surface area contributed by atoms with Gasteiger partial charge in [0, 0.05) is 19.5 Å². The number of carboxylic acid groups (broad SMARTS) is 1. The Kier molecular flexibility index (Phi) is 5.16. The van der Waals surface area contributed by atoms with E-state index < -0.39 is 16.2 Å². The van der Waals surface area contributed by atoms with E-state index >= 15 is 0 Å². The number of anilines is 1. The minimum absolute atomic E-state index is 0.0453. The smallest absolute Gasteiger partial charge is 0.303 e. The molecule has 0 saturated carbocycles. The number of nitrogens with zero attached hydrogens (tertiary/aromatic N) is 1. The lowest BCUT2D eigenvalue weighted by Gasteiger charge is -2.26. The zero-order chi connectivity index (χ0) is 15.3. The molecule has 0 unspecified atom stereocenters. The number of hydrogen-bond donors (Lipinski definition) is 2. The maximum Gasteiger partial charge on any atom is 0.303 e. The van der Waals surface area contributed by atoms with Crippen LogP contribution in [0.3, 0.4) is 0 Å². The topological polar surface area (TPSA) is 95.9 Å². The fraction of sp³-hybridized carbons (Fsp3) is 0.462. The molecule has 2 N–H and O–H groups in total. The zero-order valence-electron chi connectivity index (χ0n) is 11.5. The van der Waals surface area contributed by atoms with E-state index in [1.54, 1.807) is 24.3 Å². The predicted octanol–water partition coefficient (Wildman–Crippen LogP) is 0.693. The molecule has 0 atom stereocenters. The number of rotatable bonds is 6. The van der Waals surface area contributed by atoms with Crippen LogP contribution in [0.5, 0.6) is 0 Å². The van der Waals surface area contributed by atoms with E-state index in [9.17, 15) is 13.2 Å². The van der Waals surface area contributed by atoms with Crippen LogP contribution in [0.4, 0.5) is 5.69 Å². The van der Waals surface area contributed by atoms with Crippen molar-refractivity contribution in [2.75, 3.05) is 31.0 Å². The molecular weight excluding hydrogens is 296 g/mol. The number of aryl methyl sites for hydroxylation is 1. The summed E-state index contributed by atoms with van der Waals surface area (Å²) < 4.78 is 33.6. The van der Waals surface area contributed by atoms with E-state index in [4.69, 9.17) is 9.84 Å². The van der Waals surface area contributed by atoms with Gasteiger partial charge in [0.2, 0.25) is 0 Å². The standard InChI is InChI=1S/C13H18N2O5S/c16-13(17)6-5-11-3-1-2-4-12(11)14-21(18,19)15-7-9-20-10-8-15/h1-4,14H,5-10H2,(H,16,17). The minimum atomic E-state index is -3.64. The molecular formula is C13H18N2O5S. The molecule has 1 heterocycles. The van der Waals surface area contributed by atoms with Crippen LogP contribution in [0.2, 0.25) is 0 Å². The number of benzene rings is 1. The van der Waals surface area contributed by atoms with Gasteiger partial charge in [0.15, 0.2) is 0 Å². The lowest BCUT2D eigenvalue weighted by atomic mass is 10.1. The molecule has 2 rings (SSSR count). The third-order valence-corrected chi connectivity index (χ3v) is 4.70. The first-order valence-electron chi connectivity index (χ1n) is 6.64. The van der Waals surface area contributed by atoms with Crippen molar-refractivity contribution in [3.63, 3.8) is 0 Å². The predicted molar refractivity (Wildman–Crippen MR) is 77.3 cm³/mol. The fourth-order valence-electron chi connectivity index (χ4n) is 2.07. The summed E-state index contributed by atoms with van der Waals surface area (Å²) in [5.74, 6) is -0.916. The highest BCUT2D eigenvalue weighted by molar-refractivity contribution is 7.90. The van der Waals surface area contributed by atoms with Crippen molar-refractivity contribution in [3.8, 4) is 0 Å². The van der Waals surface area contributed by atoms with Gasteiger partial charge in [0.25, 0.3) is 0 Å². The molecule has 0 amide bonds. The molecule has 1 aromatic carbocycles. The van der Waals surface area contributed by atoms with Crippen LogP contribution in [0.25, 0.3) is 0 Å². The number of ether oxygens (including phenoxy) is 1. The van der Waals surface area contributed by atoms with Crippen molar-refractivity contribution in [1.29, 1.82) is 0 Å². The van der Waals surface area contributed by atoms with Gasteiger partial charge in [-0.2, -0.15) is 12.7 Å². The van der Waals surface area contributed by atoms with Gasteiger partial charge >= 0.3 is 16.2 Å². The first-order valence-corrected chi connectivity index (χ1v) is 8.08. The van der Waals surface area contributed by atoms with Crippen LogP contribution in [-0.2, 0) is 26.2 Å². The van der Waals surface area contributed by atoms with Crippen molar-refractivity contribution in [2.24, 2.45) is 0 Å². The number of carboxylic acids is 1. The van der Waals surface area contributed by atoms with Crippen molar-refractivity contribution in [1.82, 2.24) is 4.31 Å². The second-order valence-corrected chi connectivity index (χ2v) is 6.34. The first kappa shape index (κ1) is 15.7. The van der Waals surface area contributed by atoms with Crippen LogP contribution in [0, 0.1) is 0 Å². The van der Waals surface area contributed by atoms with Gasteiger partial charge in [-0.05, 0) is 18.1 Å². The average Bonchev–Trinajstić information content (AvgIpc) is 2.47. The normalized spacial score (nSPS) is 16.6. The Balaban J connectivity index is 2.12. The summed E-state index contributed by atoms with van der Waals surface area (Å²) in [5.41, 5.74) is 1.09. The van der Waals surface area contributed by atoms with E-state index in [0.717, 1.165) is 0 Å². The third kappa shape index (κ3) is 4.42. The number of morpholine rings is 1. The highest BCUT2D eigenvalue weighted by Crippen LogP contribution is 2.19. The molecule has 8 heteroatoms. The van der Waals surface area contributed by atoms with Gasteiger partial charge in [-0.25, -0.2) is 0 Å². The van der Waals surface area contributed by atoms with Gasteiger partial charge in [-0.3, -0.25) is 9.52 Å². The minimum Gasteiger partial charge on any atom is -0.481 e. The highest BCUT2D eigenvalue weighted by Gasteiger charge is 2.24. The molecule has 1 aromatic rings. The second-order valence-electron chi connectivity index (χ2n) is 4.67. The Morgan fingerprint density at radius 3 is 2.62 bits per heavy atom. The molecule has 1 aliphatic rings. The first-order chi connectivity index (χ1) is 9.99. The van der Waals surface area contributed by atoms with Crippen molar-refractivity contribution < 1.29 is 23.1 Å². The van der Waals surface area contributed by atoms with Crippen molar-refractivity contribution in [2.45, 2.75) is 12.8 Å². The summed E-state index contributed by atoms with van der Waals surface area (Å²) in [4.78, 5) is 10.7. The monoisotopic (exact) mass is 314 g/mol. The summed E-state index contributed by atoms with van der Waals surface area (Å²) in [6.07, 6.45) is 0.230. The van der Waals surface area contributed by atoms with Crippen LogP contribution < -0.4 is 4.72 Å². The Morgan fingerprint density at radius 1 is 1.29 bits per heavy atom. The molecule has 7 nitrogen and oxygen atoms in total. The number of nitrogens with one attached hydrogen (secondary N) is 1. The molecule has 1 aliphatic heterocycles. The van der Waals surface area contributed by atoms with E-state index in [2.05, 4.69) is 4.72 Å². The second kappa shape index (κ2) is 6.88. The molecule has 116 valence electrons. The van der Waals surface area contributed by atoms with Crippen LogP contribution in [-0.4, -0.2) is 50.1 Å². The molecule has 0 spiro atoms. The van der Waals surface area contributed by atoms with E-state index in [0.29, 0.717) is 37.6 Å².